The van der Waals surface area contributed by atoms with E-state index < -0.39 is 7.12 Å². The highest BCUT2D eigenvalue weighted by molar-refractivity contribution is 9.10. The first-order chi connectivity index (χ1) is 6.58. The van der Waals surface area contributed by atoms with E-state index in [1.165, 1.54) is 11.3 Å². The van der Waals surface area contributed by atoms with Crippen LogP contribution in [0, 0.1) is 0 Å². The number of hydrogen-bond donors (Lipinski definition) is 3. The van der Waals surface area contributed by atoms with Crippen molar-refractivity contribution in [1.29, 1.82) is 0 Å². The molecule has 4 N–H and O–H groups in total. The van der Waals surface area contributed by atoms with E-state index in [2.05, 4.69) is 15.9 Å². The van der Waals surface area contributed by atoms with E-state index in [0.717, 1.165) is 14.6 Å². The van der Waals surface area contributed by atoms with Gasteiger partial charge in [-0.2, -0.15) is 0 Å². The lowest BCUT2D eigenvalue weighted by atomic mass is 9.89. The van der Waals surface area contributed by atoms with E-state index in [9.17, 15) is 0 Å². The number of hydrogen-bond acceptors (Lipinski definition) is 4. The van der Waals surface area contributed by atoms with Crippen LogP contribution in [0.5, 0.6) is 0 Å². The zero-order chi connectivity index (χ0) is 10.3. The van der Waals surface area contributed by atoms with Gasteiger partial charge < -0.3 is 15.8 Å². The van der Waals surface area contributed by atoms with Crippen molar-refractivity contribution in [2.45, 2.75) is 0 Å². The fourth-order valence-corrected chi connectivity index (χ4v) is 2.93. The average molecular weight is 272 g/mol. The first-order valence-corrected chi connectivity index (χ1v) is 5.53. The Labute approximate surface area is 93.4 Å². The van der Waals surface area contributed by atoms with Crippen LogP contribution in [-0.2, 0) is 0 Å². The van der Waals surface area contributed by atoms with Crippen molar-refractivity contribution in [2.24, 2.45) is 0 Å². The topological polar surface area (TPSA) is 66.5 Å². The quantitative estimate of drug-likeness (QED) is 0.534. The fourth-order valence-electron chi connectivity index (χ4n) is 1.28. The van der Waals surface area contributed by atoms with Gasteiger partial charge in [-0.1, -0.05) is 0 Å². The summed E-state index contributed by atoms with van der Waals surface area (Å²) in [7, 11) is -1.42. The summed E-state index contributed by atoms with van der Waals surface area (Å²) in [6, 6.07) is 5.33. The SMILES string of the molecule is Nc1cc(Br)c2sc(B(O)O)cc2c1. The molecular formula is C8H7BBrNO2S. The fraction of sp³-hybridized carbons (Fsp3) is 0. The van der Waals surface area contributed by atoms with Crippen molar-refractivity contribution in [2.75, 3.05) is 5.73 Å². The Kier molecular flexibility index (Phi) is 2.53. The van der Waals surface area contributed by atoms with E-state index in [4.69, 9.17) is 15.8 Å². The molecule has 0 saturated heterocycles. The number of anilines is 1. The molecule has 2 rings (SSSR count). The molecule has 0 radical (unpaired) electrons. The zero-order valence-corrected chi connectivity index (χ0v) is 9.47. The predicted molar refractivity (Wildman–Crippen MR) is 63.8 cm³/mol. The molecule has 0 aliphatic rings. The second-order valence-corrected chi connectivity index (χ2v) is 4.88. The van der Waals surface area contributed by atoms with E-state index in [1.54, 1.807) is 12.1 Å². The Hall–Kier alpha value is -0.555. The van der Waals surface area contributed by atoms with Gasteiger partial charge in [-0.05, 0) is 39.5 Å². The second-order valence-electron chi connectivity index (χ2n) is 2.94. The van der Waals surface area contributed by atoms with Crippen LogP contribution in [0.25, 0.3) is 10.1 Å². The van der Waals surface area contributed by atoms with Crippen molar-refractivity contribution in [3.63, 3.8) is 0 Å². The third kappa shape index (κ3) is 1.66. The minimum atomic E-state index is -1.42. The summed E-state index contributed by atoms with van der Waals surface area (Å²) in [5.41, 5.74) is 6.31. The largest absolute Gasteiger partial charge is 0.499 e. The molecule has 2 aromatic rings. The Morgan fingerprint density at radius 3 is 2.64 bits per heavy atom. The molecule has 0 unspecified atom stereocenters. The monoisotopic (exact) mass is 271 g/mol. The lowest BCUT2D eigenvalue weighted by Gasteiger charge is -1.95. The highest BCUT2D eigenvalue weighted by Gasteiger charge is 2.15. The van der Waals surface area contributed by atoms with Crippen molar-refractivity contribution in [3.05, 3.63) is 22.7 Å². The van der Waals surface area contributed by atoms with Gasteiger partial charge in [0.15, 0.2) is 0 Å². The molecular weight excluding hydrogens is 265 g/mol. The van der Waals surface area contributed by atoms with Crippen molar-refractivity contribution >= 4 is 54.9 Å². The lowest BCUT2D eigenvalue weighted by Crippen LogP contribution is -2.26. The number of halogens is 1. The summed E-state index contributed by atoms with van der Waals surface area (Å²) in [6.07, 6.45) is 0. The van der Waals surface area contributed by atoms with Crippen LogP contribution in [0.2, 0.25) is 0 Å². The first kappa shape index (κ1) is 9.98. The molecule has 1 heterocycles. The van der Waals surface area contributed by atoms with Gasteiger partial charge in [-0.15, -0.1) is 11.3 Å². The number of nitrogens with two attached hydrogens (primary N) is 1. The molecule has 14 heavy (non-hydrogen) atoms. The first-order valence-electron chi connectivity index (χ1n) is 3.92. The zero-order valence-electron chi connectivity index (χ0n) is 7.07. The number of benzene rings is 1. The lowest BCUT2D eigenvalue weighted by molar-refractivity contribution is 0.427. The minimum absolute atomic E-state index is 0.520. The standard InChI is InChI=1S/C8H7BBrNO2S/c10-6-3-5(11)1-4-2-7(9(12)13)14-8(4)6/h1-3,12-13H,11H2. The van der Waals surface area contributed by atoms with Gasteiger partial charge in [0.2, 0.25) is 0 Å². The van der Waals surface area contributed by atoms with Crippen LogP contribution < -0.4 is 10.5 Å². The number of fused-ring (bicyclic) bond motifs is 1. The molecule has 1 aromatic heterocycles. The highest BCUT2D eigenvalue weighted by Crippen LogP contribution is 2.30. The van der Waals surface area contributed by atoms with Crippen LogP contribution in [0.15, 0.2) is 22.7 Å². The van der Waals surface area contributed by atoms with Gasteiger partial charge in [0, 0.05) is 19.6 Å². The third-order valence-electron chi connectivity index (χ3n) is 1.87. The second kappa shape index (κ2) is 3.54. The maximum Gasteiger partial charge on any atom is 0.499 e. The molecule has 0 atom stereocenters. The van der Waals surface area contributed by atoms with Gasteiger partial charge in [0.1, 0.15) is 0 Å². The molecule has 0 amide bonds. The molecule has 1 aromatic carbocycles. The minimum Gasteiger partial charge on any atom is -0.423 e. The van der Waals surface area contributed by atoms with Crippen LogP contribution in [0.4, 0.5) is 5.69 Å². The Bertz CT molecular complexity index is 485. The Morgan fingerprint density at radius 1 is 1.29 bits per heavy atom. The van der Waals surface area contributed by atoms with E-state index in [0.29, 0.717) is 10.5 Å². The third-order valence-corrected chi connectivity index (χ3v) is 3.98. The smallest absolute Gasteiger partial charge is 0.423 e. The molecule has 0 aliphatic heterocycles. The van der Waals surface area contributed by atoms with Crippen LogP contribution in [-0.4, -0.2) is 17.2 Å². The molecule has 3 nitrogen and oxygen atoms in total. The van der Waals surface area contributed by atoms with Gasteiger partial charge >= 0.3 is 7.12 Å². The van der Waals surface area contributed by atoms with Crippen molar-refractivity contribution < 1.29 is 10.0 Å². The van der Waals surface area contributed by atoms with E-state index in [1.807, 2.05) is 6.07 Å². The number of rotatable bonds is 1. The number of nitrogen functional groups attached to an aromatic ring is 1. The Balaban J connectivity index is 2.70. The summed E-state index contributed by atoms with van der Waals surface area (Å²) < 4.78 is 2.37. The van der Waals surface area contributed by atoms with Gasteiger partial charge in [0.05, 0.1) is 0 Å². The maximum atomic E-state index is 9.00. The average Bonchev–Trinajstić information content (AvgIpc) is 2.47. The summed E-state index contributed by atoms with van der Waals surface area (Å²) >= 11 is 4.72. The predicted octanol–water partition coefficient (Wildman–Crippen LogP) is 0.926. The summed E-state index contributed by atoms with van der Waals surface area (Å²) in [4.78, 5) is 0. The van der Waals surface area contributed by atoms with Crippen LogP contribution in [0.3, 0.4) is 0 Å². The van der Waals surface area contributed by atoms with Crippen LogP contribution in [0.1, 0.15) is 0 Å². The summed E-state index contributed by atoms with van der Waals surface area (Å²) in [6.45, 7) is 0. The summed E-state index contributed by atoms with van der Waals surface area (Å²) in [5, 5.41) is 18.9. The molecule has 0 saturated carbocycles. The van der Waals surface area contributed by atoms with Crippen molar-refractivity contribution in [3.8, 4) is 0 Å². The number of thiophene rings is 1. The highest BCUT2D eigenvalue weighted by atomic mass is 79.9. The maximum absolute atomic E-state index is 9.00. The molecule has 0 fully saturated rings. The normalized spacial score (nSPS) is 10.8. The molecule has 0 bridgehead atoms. The summed E-state index contributed by atoms with van der Waals surface area (Å²) in [5.74, 6) is 0. The molecule has 6 heteroatoms. The van der Waals surface area contributed by atoms with Gasteiger partial charge in [-0.3, -0.25) is 0 Å². The van der Waals surface area contributed by atoms with Crippen LogP contribution >= 0.6 is 27.3 Å². The van der Waals surface area contributed by atoms with Crippen molar-refractivity contribution in [1.82, 2.24) is 0 Å². The molecule has 0 aliphatic carbocycles. The molecule has 0 spiro atoms. The Morgan fingerprint density at radius 2 is 2.00 bits per heavy atom. The van der Waals surface area contributed by atoms with Gasteiger partial charge in [-0.25, -0.2) is 0 Å². The van der Waals surface area contributed by atoms with Gasteiger partial charge in [0.25, 0.3) is 0 Å². The van der Waals surface area contributed by atoms with E-state index in [-0.39, 0.29) is 0 Å². The van der Waals surface area contributed by atoms with E-state index >= 15 is 0 Å². The molecule has 72 valence electrons.